The quantitative estimate of drug-likeness (QED) is 0.456. The van der Waals surface area contributed by atoms with E-state index in [0.29, 0.717) is 6.42 Å². The van der Waals surface area contributed by atoms with Gasteiger partial charge in [-0.15, -0.1) is 11.3 Å². The molecule has 0 aromatic carbocycles. The lowest BCUT2D eigenvalue weighted by Crippen LogP contribution is -1.95. The van der Waals surface area contributed by atoms with Crippen molar-refractivity contribution in [2.75, 3.05) is 0 Å². The second-order valence-corrected chi connectivity index (χ2v) is 4.93. The predicted molar refractivity (Wildman–Crippen MR) is 68.2 cm³/mol. The number of thiazole rings is 1. The van der Waals surface area contributed by atoms with E-state index in [1.165, 1.54) is 12.2 Å². The topological polar surface area (TPSA) is 47.0 Å². The van der Waals surface area contributed by atoms with E-state index in [1.807, 2.05) is 5.38 Å². The lowest BCUT2D eigenvalue weighted by atomic mass is 10.2. The normalized spacial score (nSPS) is 10.7. The second kappa shape index (κ2) is 6.84. The number of aromatic nitrogens is 1. The lowest BCUT2D eigenvalue weighted by molar-refractivity contribution is -0.115. The van der Waals surface area contributed by atoms with Crippen molar-refractivity contribution in [3.63, 3.8) is 0 Å². The highest BCUT2D eigenvalue weighted by Gasteiger charge is 2.00. The van der Waals surface area contributed by atoms with Crippen molar-refractivity contribution < 1.29 is 9.59 Å². The van der Waals surface area contributed by atoms with E-state index in [-0.39, 0.29) is 9.57 Å². The summed E-state index contributed by atoms with van der Waals surface area (Å²) in [5.41, 5.74) is 0. The first-order valence-corrected chi connectivity index (χ1v) is 6.43. The van der Waals surface area contributed by atoms with Crippen molar-refractivity contribution in [2.24, 2.45) is 0 Å². The van der Waals surface area contributed by atoms with Gasteiger partial charge in [-0.2, -0.15) is 0 Å². The Kier molecular flexibility index (Phi) is 5.70. The first-order chi connectivity index (χ1) is 7.18. The van der Waals surface area contributed by atoms with Crippen molar-refractivity contribution in [3.05, 3.63) is 28.7 Å². The zero-order valence-corrected chi connectivity index (χ0v) is 11.0. The summed E-state index contributed by atoms with van der Waals surface area (Å²) in [6.45, 7) is 0. The SMILES string of the molecule is O=C(I)/C=C/C(=O)CCCc1nccs1. The van der Waals surface area contributed by atoms with Crippen LogP contribution >= 0.6 is 33.9 Å². The van der Waals surface area contributed by atoms with Gasteiger partial charge in [-0.1, -0.05) is 0 Å². The Labute approximate surface area is 106 Å². The van der Waals surface area contributed by atoms with Crippen LogP contribution in [0.15, 0.2) is 23.7 Å². The molecule has 0 aliphatic heterocycles. The van der Waals surface area contributed by atoms with Crippen LogP contribution in [0.5, 0.6) is 0 Å². The molecule has 0 spiro atoms. The minimum Gasteiger partial charge on any atom is -0.295 e. The zero-order chi connectivity index (χ0) is 11.1. The van der Waals surface area contributed by atoms with E-state index < -0.39 is 0 Å². The van der Waals surface area contributed by atoms with Gasteiger partial charge >= 0.3 is 0 Å². The van der Waals surface area contributed by atoms with Crippen LogP contribution < -0.4 is 0 Å². The number of ketones is 1. The molecule has 0 fully saturated rings. The molecule has 0 saturated carbocycles. The van der Waals surface area contributed by atoms with E-state index in [9.17, 15) is 9.59 Å². The van der Waals surface area contributed by atoms with E-state index in [4.69, 9.17) is 0 Å². The second-order valence-electron chi connectivity index (χ2n) is 2.88. The third-order valence-corrected chi connectivity index (χ3v) is 2.90. The molecule has 1 heterocycles. The molecule has 1 rings (SSSR count). The fourth-order valence-corrected chi connectivity index (χ4v) is 1.87. The van der Waals surface area contributed by atoms with Crippen LogP contribution in [0.2, 0.25) is 0 Å². The summed E-state index contributed by atoms with van der Waals surface area (Å²) in [6.07, 6.45) is 6.49. The maximum absolute atomic E-state index is 11.2. The molecule has 80 valence electrons. The molecule has 1 aromatic rings. The van der Waals surface area contributed by atoms with E-state index in [2.05, 4.69) is 4.98 Å². The smallest absolute Gasteiger partial charge is 0.215 e. The average molecular weight is 335 g/mol. The highest BCUT2D eigenvalue weighted by Crippen LogP contribution is 2.08. The molecular weight excluding hydrogens is 325 g/mol. The number of hydrogen-bond acceptors (Lipinski definition) is 4. The molecule has 0 bridgehead atoms. The van der Waals surface area contributed by atoms with E-state index >= 15 is 0 Å². The van der Waals surface area contributed by atoms with Crippen molar-refractivity contribution in [3.8, 4) is 0 Å². The van der Waals surface area contributed by atoms with Crippen molar-refractivity contribution in [2.45, 2.75) is 19.3 Å². The molecule has 0 aliphatic carbocycles. The Morgan fingerprint density at radius 1 is 1.47 bits per heavy atom. The summed E-state index contributed by atoms with van der Waals surface area (Å²) < 4.78 is -0.124. The van der Waals surface area contributed by atoms with Crippen LogP contribution in [0.3, 0.4) is 0 Å². The third-order valence-electron chi connectivity index (χ3n) is 1.70. The standard InChI is InChI=1S/C10H10INO2S/c11-9(14)5-4-8(13)2-1-3-10-12-6-7-15-10/h4-7H,1-3H2/b5-4+. The Balaban J connectivity index is 2.20. The monoisotopic (exact) mass is 335 g/mol. The number of carbonyl (C=O) groups is 2. The molecule has 0 N–H and O–H groups in total. The highest BCUT2D eigenvalue weighted by atomic mass is 127. The number of rotatable bonds is 6. The van der Waals surface area contributed by atoms with E-state index in [1.54, 1.807) is 40.1 Å². The molecule has 0 amide bonds. The maximum Gasteiger partial charge on any atom is 0.215 e. The molecule has 0 atom stereocenters. The predicted octanol–water partition coefficient (Wildman–Crippen LogP) is 2.55. The molecule has 0 unspecified atom stereocenters. The van der Waals surface area contributed by atoms with Gasteiger partial charge in [0.2, 0.25) is 3.79 Å². The Bertz CT molecular complexity index is 360. The molecule has 3 nitrogen and oxygen atoms in total. The Hall–Kier alpha value is -0.560. The van der Waals surface area contributed by atoms with Gasteiger partial charge in [0.05, 0.1) is 5.01 Å². The molecule has 5 heteroatoms. The number of aryl methyl sites for hydroxylation is 1. The minimum atomic E-state index is -0.124. The highest BCUT2D eigenvalue weighted by molar-refractivity contribution is 14.1. The number of allylic oxidation sites excluding steroid dienone is 2. The first kappa shape index (κ1) is 12.5. The summed E-state index contributed by atoms with van der Waals surface area (Å²) >= 11 is 3.23. The molecule has 0 aliphatic rings. The van der Waals surface area contributed by atoms with Crippen LogP contribution in [-0.2, 0) is 16.0 Å². The van der Waals surface area contributed by atoms with Gasteiger partial charge in [-0.05, 0) is 25.0 Å². The summed E-state index contributed by atoms with van der Waals surface area (Å²) in [5, 5.41) is 2.97. The van der Waals surface area contributed by atoms with Crippen molar-refractivity contribution in [1.82, 2.24) is 4.98 Å². The summed E-state index contributed by atoms with van der Waals surface area (Å²) in [6, 6.07) is 0. The summed E-state index contributed by atoms with van der Waals surface area (Å²) in [4.78, 5) is 25.9. The number of carbonyl (C=O) groups excluding carboxylic acids is 2. The fraction of sp³-hybridized carbons (Fsp3) is 0.300. The Morgan fingerprint density at radius 3 is 2.87 bits per heavy atom. The Morgan fingerprint density at radius 2 is 2.27 bits per heavy atom. The maximum atomic E-state index is 11.2. The van der Waals surface area contributed by atoms with Crippen LogP contribution in [0.4, 0.5) is 0 Å². The van der Waals surface area contributed by atoms with Gasteiger partial charge in [0, 0.05) is 40.6 Å². The van der Waals surface area contributed by atoms with Crippen molar-refractivity contribution in [1.29, 1.82) is 0 Å². The van der Waals surface area contributed by atoms with Crippen LogP contribution in [0.25, 0.3) is 0 Å². The molecule has 0 saturated heterocycles. The molecule has 0 radical (unpaired) electrons. The summed E-state index contributed by atoms with van der Waals surface area (Å²) in [5.74, 6) is -0.00317. The number of nitrogens with zero attached hydrogens (tertiary/aromatic N) is 1. The van der Waals surface area contributed by atoms with E-state index in [0.717, 1.165) is 17.8 Å². The van der Waals surface area contributed by atoms with Crippen LogP contribution in [-0.4, -0.2) is 14.6 Å². The zero-order valence-electron chi connectivity index (χ0n) is 7.98. The van der Waals surface area contributed by atoms with Gasteiger partial charge < -0.3 is 0 Å². The van der Waals surface area contributed by atoms with Crippen LogP contribution in [0, 0.1) is 0 Å². The minimum absolute atomic E-state index is 0.00317. The lowest BCUT2D eigenvalue weighted by Gasteiger charge is -1.93. The summed E-state index contributed by atoms with van der Waals surface area (Å²) in [7, 11) is 0. The first-order valence-electron chi connectivity index (χ1n) is 4.47. The van der Waals surface area contributed by atoms with Gasteiger partial charge in [-0.25, -0.2) is 4.98 Å². The molecule has 15 heavy (non-hydrogen) atoms. The van der Waals surface area contributed by atoms with Gasteiger partial charge in [-0.3, -0.25) is 9.59 Å². The molecular formula is C10H10INO2S. The number of hydrogen-bond donors (Lipinski definition) is 0. The largest absolute Gasteiger partial charge is 0.295 e. The van der Waals surface area contributed by atoms with Gasteiger partial charge in [0.25, 0.3) is 0 Å². The average Bonchev–Trinajstić information content (AvgIpc) is 2.67. The van der Waals surface area contributed by atoms with Crippen LogP contribution in [0.1, 0.15) is 17.8 Å². The van der Waals surface area contributed by atoms with Gasteiger partial charge in [0.15, 0.2) is 5.78 Å². The van der Waals surface area contributed by atoms with Crippen molar-refractivity contribution >= 4 is 43.5 Å². The van der Waals surface area contributed by atoms with Gasteiger partial charge in [0.1, 0.15) is 0 Å². The number of halogens is 1. The fourth-order valence-electron chi connectivity index (χ4n) is 1.03. The molecule has 1 aromatic heterocycles. The third kappa shape index (κ3) is 5.78.